The first kappa shape index (κ1) is 17.2. The molecule has 1 rings (SSSR count). The van der Waals surface area contributed by atoms with Crippen LogP contribution in [0.15, 0.2) is 21.5 Å². The van der Waals surface area contributed by atoms with Crippen molar-refractivity contribution < 1.29 is 17.9 Å². The first-order valence-electron chi connectivity index (χ1n) is 5.56. The van der Waals surface area contributed by atoms with Crippen LogP contribution in [0.2, 0.25) is 5.02 Å². The Morgan fingerprint density at radius 2 is 2.10 bits per heavy atom. The fourth-order valence-electron chi connectivity index (χ4n) is 1.41. The summed E-state index contributed by atoms with van der Waals surface area (Å²) in [6, 6.07) is 2.69. The molecule has 6 nitrogen and oxygen atoms in total. The monoisotopic (exact) mass is 384 g/mol. The molecule has 0 heterocycles. The van der Waals surface area contributed by atoms with Crippen LogP contribution in [0.25, 0.3) is 0 Å². The molecule has 0 saturated carbocycles. The Balaban J connectivity index is 3.14. The quantitative estimate of drug-likeness (QED) is 0.617. The summed E-state index contributed by atoms with van der Waals surface area (Å²) >= 11 is 8.92. The number of halogens is 2. The molecule has 0 radical (unpaired) electrons. The molecule has 20 heavy (non-hydrogen) atoms. The predicted octanol–water partition coefficient (Wildman–Crippen LogP) is 1.87. The van der Waals surface area contributed by atoms with E-state index in [2.05, 4.69) is 15.9 Å². The van der Waals surface area contributed by atoms with E-state index in [9.17, 15) is 13.2 Å². The molecular formula is C11H14BrClN2O4S. The Morgan fingerprint density at radius 3 is 2.65 bits per heavy atom. The number of hydrogen-bond donors (Lipinski definition) is 1. The van der Waals surface area contributed by atoms with E-state index in [4.69, 9.17) is 22.1 Å². The molecule has 0 atom stereocenters. The number of carbonyl (C=O) groups excluding carboxylic acids is 1. The van der Waals surface area contributed by atoms with Gasteiger partial charge in [0, 0.05) is 17.8 Å². The van der Waals surface area contributed by atoms with Crippen LogP contribution in [0.4, 0.5) is 5.69 Å². The van der Waals surface area contributed by atoms with Crippen molar-refractivity contribution >= 4 is 49.2 Å². The number of esters is 1. The molecule has 0 spiro atoms. The lowest BCUT2D eigenvalue weighted by molar-refractivity contribution is -0.143. The maximum Gasteiger partial charge on any atom is 0.321 e. The van der Waals surface area contributed by atoms with Crippen LogP contribution in [0.1, 0.15) is 6.92 Å². The van der Waals surface area contributed by atoms with E-state index in [1.165, 1.54) is 19.2 Å². The zero-order valence-corrected chi connectivity index (χ0v) is 14.0. The number of rotatable bonds is 5. The van der Waals surface area contributed by atoms with Gasteiger partial charge in [0.2, 0.25) is 10.0 Å². The fraction of sp³-hybridized carbons (Fsp3) is 0.364. The average molecular weight is 386 g/mol. The third kappa shape index (κ3) is 3.85. The van der Waals surface area contributed by atoms with Crippen LogP contribution in [-0.2, 0) is 19.6 Å². The van der Waals surface area contributed by atoms with E-state index in [-0.39, 0.29) is 26.7 Å². The molecular weight excluding hydrogens is 372 g/mol. The van der Waals surface area contributed by atoms with Crippen LogP contribution in [-0.4, -0.2) is 38.9 Å². The van der Waals surface area contributed by atoms with Crippen LogP contribution in [0.3, 0.4) is 0 Å². The minimum absolute atomic E-state index is 0.103. The van der Waals surface area contributed by atoms with E-state index in [1.54, 1.807) is 6.92 Å². The lowest BCUT2D eigenvalue weighted by Crippen LogP contribution is -2.33. The van der Waals surface area contributed by atoms with Gasteiger partial charge in [0.05, 0.1) is 16.0 Å². The summed E-state index contributed by atoms with van der Waals surface area (Å²) in [5.41, 5.74) is 5.86. The van der Waals surface area contributed by atoms with E-state index in [0.717, 1.165) is 4.31 Å². The van der Waals surface area contributed by atoms with Crippen molar-refractivity contribution in [2.24, 2.45) is 0 Å². The first-order valence-corrected chi connectivity index (χ1v) is 8.17. The summed E-state index contributed by atoms with van der Waals surface area (Å²) in [6.45, 7) is 1.43. The number of carbonyl (C=O) groups is 1. The number of benzene rings is 1. The second-order valence-electron chi connectivity index (χ2n) is 3.87. The highest BCUT2D eigenvalue weighted by atomic mass is 79.9. The summed E-state index contributed by atoms with van der Waals surface area (Å²) in [7, 11) is -2.63. The van der Waals surface area contributed by atoms with Gasteiger partial charge in [0.25, 0.3) is 0 Å². The number of nitrogens with zero attached hydrogens (tertiary/aromatic N) is 1. The van der Waals surface area contributed by atoms with Gasteiger partial charge in [0.1, 0.15) is 6.54 Å². The summed E-state index contributed by atoms with van der Waals surface area (Å²) in [5, 5.41) is 0.189. The van der Waals surface area contributed by atoms with E-state index >= 15 is 0 Å². The number of sulfonamides is 1. The van der Waals surface area contributed by atoms with Gasteiger partial charge < -0.3 is 10.5 Å². The highest BCUT2D eigenvalue weighted by Crippen LogP contribution is 2.32. The van der Waals surface area contributed by atoms with Gasteiger partial charge in [-0.05, 0) is 35.0 Å². The maximum atomic E-state index is 12.4. The zero-order valence-electron chi connectivity index (χ0n) is 10.9. The zero-order chi connectivity index (χ0) is 15.5. The Morgan fingerprint density at radius 1 is 1.50 bits per heavy atom. The summed E-state index contributed by atoms with van der Waals surface area (Å²) < 4.78 is 30.5. The molecule has 0 aromatic heterocycles. The molecule has 2 N–H and O–H groups in total. The third-order valence-electron chi connectivity index (χ3n) is 2.38. The van der Waals surface area contributed by atoms with Gasteiger partial charge in [-0.25, -0.2) is 8.42 Å². The number of nitrogens with two attached hydrogens (primary N) is 1. The Labute approximate surface area is 131 Å². The molecule has 0 fully saturated rings. The Kier molecular flexibility index (Phi) is 5.81. The number of likely N-dealkylation sites (N-methyl/N-ethyl adjacent to an activating group) is 1. The van der Waals surface area contributed by atoms with Crippen molar-refractivity contribution in [2.75, 3.05) is 25.9 Å². The highest BCUT2D eigenvalue weighted by molar-refractivity contribution is 9.10. The smallest absolute Gasteiger partial charge is 0.321 e. The van der Waals surface area contributed by atoms with Gasteiger partial charge in [-0.1, -0.05) is 11.6 Å². The molecule has 0 aliphatic carbocycles. The minimum Gasteiger partial charge on any atom is -0.465 e. The van der Waals surface area contributed by atoms with Crippen molar-refractivity contribution in [1.29, 1.82) is 0 Å². The van der Waals surface area contributed by atoms with Crippen LogP contribution < -0.4 is 5.73 Å². The molecule has 0 aliphatic heterocycles. The number of anilines is 1. The second-order valence-corrected chi connectivity index (χ2v) is 7.12. The largest absolute Gasteiger partial charge is 0.465 e. The number of hydrogen-bond acceptors (Lipinski definition) is 5. The second kappa shape index (κ2) is 6.75. The van der Waals surface area contributed by atoms with Crippen molar-refractivity contribution in [1.82, 2.24) is 4.31 Å². The predicted molar refractivity (Wildman–Crippen MR) is 80.0 cm³/mol. The SMILES string of the molecule is CCOC(=O)CN(C)S(=O)(=O)c1cc(Cl)cc(N)c1Br. The molecule has 1 aromatic rings. The van der Waals surface area contributed by atoms with E-state index < -0.39 is 22.5 Å². The van der Waals surface area contributed by atoms with Crippen molar-refractivity contribution in [3.05, 3.63) is 21.6 Å². The lowest BCUT2D eigenvalue weighted by atomic mass is 10.3. The highest BCUT2D eigenvalue weighted by Gasteiger charge is 2.27. The molecule has 0 saturated heterocycles. The number of nitrogen functional groups attached to an aromatic ring is 1. The molecule has 1 aromatic carbocycles. The van der Waals surface area contributed by atoms with E-state index in [1.807, 2.05) is 0 Å². The fourth-order valence-corrected chi connectivity index (χ4v) is 3.78. The first-order chi connectivity index (χ1) is 9.20. The Bertz CT molecular complexity index is 621. The average Bonchev–Trinajstić information content (AvgIpc) is 2.33. The topological polar surface area (TPSA) is 89.7 Å². The van der Waals surface area contributed by atoms with Gasteiger partial charge in [-0.15, -0.1) is 0 Å². The minimum atomic E-state index is -3.91. The molecule has 112 valence electrons. The van der Waals surface area contributed by atoms with Gasteiger partial charge in [-0.2, -0.15) is 4.31 Å². The molecule has 0 bridgehead atoms. The third-order valence-corrected chi connectivity index (χ3v) is 5.57. The number of ether oxygens (including phenoxy) is 1. The van der Waals surface area contributed by atoms with Crippen molar-refractivity contribution in [2.45, 2.75) is 11.8 Å². The van der Waals surface area contributed by atoms with Gasteiger partial charge >= 0.3 is 5.97 Å². The molecule has 0 unspecified atom stereocenters. The summed E-state index contributed by atoms with van der Waals surface area (Å²) in [5.74, 6) is -0.635. The van der Waals surface area contributed by atoms with Crippen LogP contribution >= 0.6 is 27.5 Å². The van der Waals surface area contributed by atoms with E-state index in [0.29, 0.717) is 0 Å². The molecule has 0 aliphatic rings. The van der Waals surface area contributed by atoms with Crippen LogP contribution in [0.5, 0.6) is 0 Å². The maximum absolute atomic E-state index is 12.4. The lowest BCUT2D eigenvalue weighted by Gasteiger charge is -2.18. The van der Waals surface area contributed by atoms with Crippen molar-refractivity contribution in [3.8, 4) is 0 Å². The molecule has 9 heteroatoms. The van der Waals surface area contributed by atoms with Crippen molar-refractivity contribution in [3.63, 3.8) is 0 Å². The summed E-state index contributed by atoms with van der Waals surface area (Å²) in [4.78, 5) is 11.3. The summed E-state index contributed by atoms with van der Waals surface area (Å²) in [6.07, 6.45) is 0. The van der Waals surface area contributed by atoms with Gasteiger partial charge in [0.15, 0.2) is 0 Å². The normalized spacial score (nSPS) is 11.7. The standard InChI is InChI=1S/C11H14BrClN2O4S/c1-3-19-10(16)6-15(2)20(17,18)9-5-7(13)4-8(14)11(9)12/h4-5H,3,6,14H2,1-2H3. The van der Waals surface area contributed by atoms with Gasteiger partial charge in [-0.3, -0.25) is 4.79 Å². The Hall–Kier alpha value is -0.830. The molecule has 0 amide bonds. The van der Waals surface area contributed by atoms with Crippen LogP contribution in [0, 0.1) is 0 Å².